The van der Waals surface area contributed by atoms with Crippen molar-refractivity contribution in [2.45, 2.75) is 38.0 Å². The van der Waals surface area contributed by atoms with E-state index in [1.165, 1.54) is 0 Å². The van der Waals surface area contributed by atoms with Gasteiger partial charge in [-0.15, -0.1) is 0 Å². The zero-order valence-electron chi connectivity index (χ0n) is 24.5. The first-order valence-corrected chi connectivity index (χ1v) is 14.4. The van der Waals surface area contributed by atoms with Crippen LogP contribution in [0.5, 0.6) is 6.01 Å². The number of nitrogens with zero attached hydrogens (tertiary/aromatic N) is 7. The largest absolute Gasteiger partial charge is 0.462 e. The molecule has 42 heavy (non-hydrogen) atoms. The first kappa shape index (κ1) is 28.2. The van der Waals surface area contributed by atoms with Gasteiger partial charge >= 0.3 is 6.01 Å². The number of ether oxygens (including phenoxy) is 2. The average molecular weight is 570 g/mol. The molecule has 10 heteroatoms. The number of nitriles is 1. The highest BCUT2D eigenvalue weighted by atomic mass is 19.1. The number of rotatable bonds is 7. The molecule has 2 aliphatic heterocycles. The van der Waals surface area contributed by atoms with Crippen LogP contribution in [-0.2, 0) is 4.74 Å². The Balaban J connectivity index is 1.44. The molecule has 0 aliphatic carbocycles. The van der Waals surface area contributed by atoms with E-state index in [0.29, 0.717) is 37.3 Å². The molecule has 218 valence electrons. The third-order valence-corrected chi connectivity index (χ3v) is 8.80. The summed E-state index contributed by atoms with van der Waals surface area (Å²) in [6, 6.07) is 14.5. The zero-order chi connectivity index (χ0) is 29.4. The van der Waals surface area contributed by atoms with Crippen LogP contribution < -0.4 is 9.64 Å². The Morgan fingerprint density at radius 2 is 1.86 bits per heavy atom. The molecule has 9 nitrogen and oxygen atoms in total. The van der Waals surface area contributed by atoms with Gasteiger partial charge in [-0.3, -0.25) is 14.8 Å². The molecule has 0 saturated carbocycles. The van der Waals surface area contributed by atoms with E-state index in [4.69, 9.17) is 14.5 Å². The van der Waals surface area contributed by atoms with Crippen LogP contribution in [0.2, 0.25) is 0 Å². The fourth-order valence-corrected chi connectivity index (χ4v) is 6.27. The van der Waals surface area contributed by atoms with Gasteiger partial charge in [0.25, 0.3) is 0 Å². The smallest absolute Gasteiger partial charge is 0.319 e. The van der Waals surface area contributed by atoms with Gasteiger partial charge in [-0.05, 0) is 43.8 Å². The Hall–Kier alpha value is -3.91. The number of fused-ring (bicyclic) bond motifs is 2. The Labute approximate surface area is 245 Å². The number of hydrogen-bond donors (Lipinski definition) is 0. The van der Waals surface area contributed by atoms with Gasteiger partial charge in [0.2, 0.25) is 0 Å². The molecule has 3 atom stereocenters. The Morgan fingerprint density at radius 3 is 2.62 bits per heavy atom. The highest BCUT2D eigenvalue weighted by Crippen LogP contribution is 2.36. The second-order valence-electron chi connectivity index (χ2n) is 11.4. The molecule has 0 amide bonds. The van der Waals surface area contributed by atoms with Crippen molar-refractivity contribution < 1.29 is 13.9 Å². The molecule has 0 unspecified atom stereocenters. The maximum absolute atomic E-state index is 16.6. The van der Waals surface area contributed by atoms with Crippen LogP contribution in [0, 0.1) is 24.1 Å². The summed E-state index contributed by atoms with van der Waals surface area (Å²) in [6.45, 7) is 5.23. The minimum Gasteiger partial charge on any atom is -0.462 e. The van der Waals surface area contributed by atoms with Crippen molar-refractivity contribution in [2.24, 2.45) is 0 Å². The number of hydrogen-bond acceptors (Lipinski definition) is 9. The van der Waals surface area contributed by atoms with Crippen molar-refractivity contribution in [1.82, 2.24) is 24.8 Å². The fourth-order valence-electron chi connectivity index (χ4n) is 6.27. The van der Waals surface area contributed by atoms with Gasteiger partial charge in [-0.2, -0.15) is 15.2 Å². The molecular formula is C32H36FN7O2. The predicted molar refractivity (Wildman–Crippen MR) is 161 cm³/mol. The molecule has 0 bridgehead atoms. The number of halogens is 1. The number of piperazine rings is 1. The lowest BCUT2D eigenvalue weighted by atomic mass is 9.97. The van der Waals surface area contributed by atoms with Gasteiger partial charge < -0.3 is 14.4 Å². The van der Waals surface area contributed by atoms with E-state index in [0.717, 1.165) is 41.4 Å². The van der Waals surface area contributed by atoms with Crippen molar-refractivity contribution >= 4 is 27.5 Å². The SMILES string of the molecule is CO[C@@H]1C[C@@H](COc2nc(N3CCN(C)[C@@H](CC#N)C3)c3cnc(-c4cccc5cccc(C)c45)c(F)c3n2)N(C)C1. The van der Waals surface area contributed by atoms with Crippen molar-refractivity contribution in [3.8, 4) is 23.3 Å². The molecule has 2 fully saturated rings. The van der Waals surface area contributed by atoms with E-state index in [1.54, 1.807) is 13.3 Å². The van der Waals surface area contributed by atoms with Crippen LogP contribution in [0.4, 0.5) is 10.2 Å². The van der Waals surface area contributed by atoms with E-state index in [1.807, 2.05) is 57.4 Å². The summed E-state index contributed by atoms with van der Waals surface area (Å²) in [7, 11) is 5.79. The van der Waals surface area contributed by atoms with Gasteiger partial charge in [0.1, 0.15) is 23.6 Å². The maximum atomic E-state index is 16.6. The number of likely N-dealkylation sites (tertiary alicyclic amines) is 1. The highest BCUT2D eigenvalue weighted by molar-refractivity contribution is 6.00. The van der Waals surface area contributed by atoms with E-state index in [2.05, 4.69) is 30.7 Å². The van der Waals surface area contributed by atoms with Crippen LogP contribution >= 0.6 is 0 Å². The molecule has 0 N–H and O–H groups in total. The molecule has 2 saturated heterocycles. The minimum absolute atomic E-state index is 0.0342. The fraction of sp³-hybridized carbons (Fsp3) is 0.438. The van der Waals surface area contributed by atoms with E-state index in [9.17, 15) is 5.26 Å². The summed E-state index contributed by atoms with van der Waals surface area (Å²) >= 11 is 0. The average Bonchev–Trinajstić information content (AvgIpc) is 3.36. The molecule has 4 heterocycles. The topological polar surface area (TPSA) is 90.6 Å². The number of benzene rings is 2. The van der Waals surface area contributed by atoms with Crippen molar-refractivity contribution in [2.75, 3.05) is 58.9 Å². The predicted octanol–water partition coefficient (Wildman–Crippen LogP) is 4.42. The van der Waals surface area contributed by atoms with Crippen molar-refractivity contribution in [3.63, 3.8) is 0 Å². The van der Waals surface area contributed by atoms with Gasteiger partial charge in [0.15, 0.2) is 5.82 Å². The lowest BCUT2D eigenvalue weighted by Gasteiger charge is -2.39. The molecule has 2 aliphatic rings. The second kappa shape index (κ2) is 11.8. The van der Waals surface area contributed by atoms with Crippen LogP contribution in [0.3, 0.4) is 0 Å². The summed E-state index contributed by atoms with van der Waals surface area (Å²) in [6.07, 6.45) is 3.06. The summed E-state index contributed by atoms with van der Waals surface area (Å²) in [5.41, 5.74) is 2.19. The summed E-state index contributed by atoms with van der Waals surface area (Å²) < 4.78 is 28.3. The summed E-state index contributed by atoms with van der Waals surface area (Å²) in [5, 5.41) is 11.9. The normalized spacial score (nSPS) is 21.7. The molecule has 0 radical (unpaired) electrons. The second-order valence-corrected chi connectivity index (χ2v) is 11.4. The number of pyridine rings is 1. The van der Waals surface area contributed by atoms with E-state index < -0.39 is 5.82 Å². The molecule has 4 aromatic rings. The Bertz CT molecular complexity index is 1650. The van der Waals surface area contributed by atoms with Gasteiger partial charge in [0, 0.05) is 57.1 Å². The minimum atomic E-state index is -0.503. The number of aromatic nitrogens is 3. The quantitative estimate of drug-likeness (QED) is 0.321. The number of likely N-dealkylation sites (N-methyl/N-ethyl adjacent to an activating group) is 2. The monoisotopic (exact) mass is 569 g/mol. The third kappa shape index (κ3) is 5.24. The van der Waals surface area contributed by atoms with Crippen LogP contribution in [0.1, 0.15) is 18.4 Å². The Morgan fingerprint density at radius 1 is 1.05 bits per heavy atom. The van der Waals surface area contributed by atoms with Gasteiger partial charge in [-0.1, -0.05) is 36.4 Å². The van der Waals surface area contributed by atoms with Crippen LogP contribution in [0.25, 0.3) is 32.9 Å². The van der Waals surface area contributed by atoms with E-state index in [-0.39, 0.29) is 35.4 Å². The molecule has 2 aromatic heterocycles. The standard InChI is InChI=1S/C32H36FN7O2/c1-20-7-5-8-21-9-6-10-25(27(20)21)29-28(33)30-26(16-35-29)31(40-14-13-38(2)22(17-40)11-12-34)37-32(36-30)42-19-23-15-24(41-4)18-39(23)3/h5-10,16,22-24H,11,13-15,17-19H2,1-4H3/t22-,23-,24+/m0/s1. The maximum Gasteiger partial charge on any atom is 0.319 e. The number of anilines is 1. The lowest BCUT2D eigenvalue weighted by molar-refractivity contribution is 0.111. The molecule has 6 rings (SSSR count). The highest BCUT2D eigenvalue weighted by Gasteiger charge is 2.31. The van der Waals surface area contributed by atoms with Gasteiger partial charge in [-0.25, -0.2) is 4.39 Å². The zero-order valence-corrected chi connectivity index (χ0v) is 24.5. The van der Waals surface area contributed by atoms with Crippen LogP contribution in [0.15, 0.2) is 42.6 Å². The van der Waals surface area contributed by atoms with Gasteiger partial charge in [0.05, 0.1) is 24.0 Å². The van der Waals surface area contributed by atoms with Crippen molar-refractivity contribution in [3.05, 3.63) is 54.0 Å². The molecule has 2 aromatic carbocycles. The van der Waals surface area contributed by atoms with E-state index >= 15 is 4.39 Å². The molecule has 0 spiro atoms. The Kier molecular flexibility index (Phi) is 7.90. The molecular weight excluding hydrogens is 533 g/mol. The first-order valence-electron chi connectivity index (χ1n) is 14.4. The van der Waals surface area contributed by atoms with Crippen LogP contribution in [-0.4, -0.2) is 96.9 Å². The first-order chi connectivity index (χ1) is 20.4. The van der Waals surface area contributed by atoms with Crippen molar-refractivity contribution in [1.29, 1.82) is 5.26 Å². The summed E-state index contributed by atoms with van der Waals surface area (Å²) in [4.78, 5) is 20.6. The number of aryl methyl sites for hydroxylation is 1. The third-order valence-electron chi connectivity index (χ3n) is 8.80. The summed E-state index contributed by atoms with van der Waals surface area (Å²) in [5.74, 6) is 0.0736. The lowest BCUT2D eigenvalue weighted by Crippen LogP contribution is -2.51. The number of methoxy groups -OCH3 is 1.